The van der Waals surface area contributed by atoms with E-state index < -0.39 is 0 Å². The first kappa shape index (κ1) is 12.5. The van der Waals surface area contributed by atoms with E-state index in [4.69, 9.17) is 10.5 Å². The Morgan fingerprint density at radius 2 is 2.18 bits per heavy atom. The van der Waals surface area contributed by atoms with Crippen LogP contribution in [0.25, 0.3) is 0 Å². The van der Waals surface area contributed by atoms with Crippen molar-refractivity contribution in [3.05, 3.63) is 30.1 Å². The summed E-state index contributed by atoms with van der Waals surface area (Å²) in [6, 6.07) is 6.00. The van der Waals surface area contributed by atoms with Crippen molar-refractivity contribution in [2.24, 2.45) is 5.73 Å². The molecule has 0 amide bonds. The highest BCUT2D eigenvalue weighted by Crippen LogP contribution is 2.19. The minimum atomic E-state index is -0.0955. The Morgan fingerprint density at radius 3 is 2.82 bits per heavy atom. The van der Waals surface area contributed by atoms with E-state index in [-0.39, 0.29) is 5.54 Å². The highest BCUT2D eigenvalue weighted by atomic mass is 16.5. The van der Waals surface area contributed by atoms with Gasteiger partial charge >= 0.3 is 0 Å². The Hall–Kier alpha value is -0.970. The normalized spacial score (nSPS) is 19.5. The van der Waals surface area contributed by atoms with Gasteiger partial charge in [-0.3, -0.25) is 9.88 Å². The van der Waals surface area contributed by atoms with Gasteiger partial charge in [-0.05, 0) is 32.0 Å². The highest BCUT2D eigenvalue weighted by Gasteiger charge is 2.29. The smallest absolute Gasteiger partial charge is 0.0543 e. The quantitative estimate of drug-likeness (QED) is 0.846. The molecular formula is C13H21N3O. The van der Waals surface area contributed by atoms with Gasteiger partial charge < -0.3 is 10.5 Å². The van der Waals surface area contributed by atoms with Crippen LogP contribution in [-0.4, -0.2) is 42.2 Å². The van der Waals surface area contributed by atoms with Crippen LogP contribution >= 0.6 is 0 Å². The summed E-state index contributed by atoms with van der Waals surface area (Å²) >= 11 is 0. The van der Waals surface area contributed by atoms with E-state index in [1.54, 1.807) is 0 Å². The zero-order valence-electron chi connectivity index (χ0n) is 10.4. The minimum Gasteiger partial charge on any atom is -0.381 e. The predicted octanol–water partition coefficient (Wildman–Crippen LogP) is 1.02. The largest absolute Gasteiger partial charge is 0.381 e. The molecule has 0 radical (unpaired) electrons. The first-order valence-corrected chi connectivity index (χ1v) is 6.13. The Bertz CT molecular complexity index is 336. The van der Waals surface area contributed by atoms with Gasteiger partial charge in [0.15, 0.2) is 0 Å². The van der Waals surface area contributed by atoms with Gasteiger partial charge in [0, 0.05) is 38.0 Å². The molecule has 2 N–H and O–H groups in total. The molecule has 0 atom stereocenters. The fraction of sp³-hybridized carbons (Fsp3) is 0.615. The number of aromatic nitrogens is 1. The Morgan fingerprint density at radius 1 is 1.41 bits per heavy atom. The summed E-state index contributed by atoms with van der Waals surface area (Å²) in [6.45, 7) is 3.31. The van der Waals surface area contributed by atoms with Crippen molar-refractivity contribution < 1.29 is 4.74 Å². The van der Waals surface area contributed by atoms with Crippen molar-refractivity contribution >= 4 is 0 Å². The van der Waals surface area contributed by atoms with Crippen LogP contribution in [0.4, 0.5) is 0 Å². The van der Waals surface area contributed by atoms with Gasteiger partial charge in [0.25, 0.3) is 0 Å². The first-order chi connectivity index (χ1) is 8.18. The molecule has 2 heterocycles. The SMILES string of the molecule is CN(Cc1ccccn1)CC1(N)CCOCC1. The lowest BCUT2D eigenvalue weighted by Crippen LogP contribution is -2.52. The van der Waals surface area contributed by atoms with Crippen molar-refractivity contribution in [3.8, 4) is 0 Å². The summed E-state index contributed by atoms with van der Waals surface area (Å²) in [5, 5.41) is 0. The maximum atomic E-state index is 6.37. The van der Waals surface area contributed by atoms with Gasteiger partial charge in [-0.15, -0.1) is 0 Å². The van der Waals surface area contributed by atoms with Gasteiger partial charge in [-0.25, -0.2) is 0 Å². The molecule has 1 saturated heterocycles. The molecule has 17 heavy (non-hydrogen) atoms. The highest BCUT2D eigenvalue weighted by molar-refractivity contribution is 5.03. The van der Waals surface area contributed by atoms with E-state index >= 15 is 0 Å². The lowest BCUT2D eigenvalue weighted by molar-refractivity contribution is 0.0401. The Kier molecular flexibility index (Phi) is 4.10. The predicted molar refractivity (Wildman–Crippen MR) is 67.5 cm³/mol. The second kappa shape index (κ2) is 5.58. The van der Waals surface area contributed by atoms with Gasteiger partial charge in [0.2, 0.25) is 0 Å². The number of rotatable bonds is 4. The summed E-state index contributed by atoms with van der Waals surface area (Å²) in [5.41, 5.74) is 7.36. The van der Waals surface area contributed by atoms with E-state index in [0.717, 1.165) is 44.8 Å². The molecule has 1 aromatic rings. The number of hydrogen-bond acceptors (Lipinski definition) is 4. The lowest BCUT2D eigenvalue weighted by atomic mass is 9.91. The van der Waals surface area contributed by atoms with Crippen molar-refractivity contribution in [2.45, 2.75) is 24.9 Å². The molecule has 2 rings (SSSR count). The summed E-state index contributed by atoms with van der Waals surface area (Å²) < 4.78 is 5.35. The van der Waals surface area contributed by atoms with Crippen LogP contribution in [0.15, 0.2) is 24.4 Å². The van der Waals surface area contributed by atoms with Crippen molar-refractivity contribution in [1.29, 1.82) is 0 Å². The molecule has 1 fully saturated rings. The van der Waals surface area contributed by atoms with Crippen LogP contribution in [-0.2, 0) is 11.3 Å². The monoisotopic (exact) mass is 235 g/mol. The summed E-state index contributed by atoms with van der Waals surface area (Å²) in [6.07, 6.45) is 3.72. The summed E-state index contributed by atoms with van der Waals surface area (Å²) in [7, 11) is 2.10. The number of nitrogens with zero attached hydrogens (tertiary/aromatic N) is 2. The summed E-state index contributed by atoms with van der Waals surface area (Å²) in [4.78, 5) is 6.57. The third-order valence-electron chi connectivity index (χ3n) is 3.23. The standard InChI is InChI=1S/C13H21N3O/c1-16(10-12-4-2-3-7-15-12)11-13(14)5-8-17-9-6-13/h2-4,7H,5-6,8-11,14H2,1H3. The van der Waals surface area contributed by atoms with E-state index in [9.17, 15) is 0 Å². The second-order valence-electron chi connectivity index (χ2n) is 4.97. The molecule has 1 aliphatic heterocycles. The van der Waals surface area contributed by atoms with Crippen molar-refractivity contribution in [1.82, 2.24) is 9.88 Å². The molecule has 0 aromatic carbocycles. The third kappa shape index (κ3) is 3.77. The van der Waals surface area contributed by atoms with E-state index in [1.165, 1.54) is 0 Å². The molecule has 0 spiro atoms. The van der Waals surface area contributed by atoms with Crippen LogP contribution in [0.5, 0.6) is 0 Å². The van der Waals surface area contributed by atoms with Crippen molar-refractivity contribution in [3.63, 3.8) is 0 Å². The second-order valence-corrected chi connectivity index (χ2v) is 4.97. The molecule has 0 saturated carbocycles. The van der Waals surface area contributed by atoms with Crippen LogP contribution in [0.2, 0.25) is 0 Å². The Balaban J connectivity index is 1.86. The first-order valence-electron chi connectivity index (χ1n) is 6.13. The molecule has 94 valence electrons. The zero-order valence-corrected chi connectivity index (χ0v) is 10.4. The van der Waals surface area contributed by atoms with Crippen molar-refractivity contribution in [2.75, 3.05) is 26.8 Å². The van der Waals surface area contributed by atoms with E-state index in [2.05, 4.69) is 16.9 Å². The lowest BCUT2D eigenvalue weighted by Gasteiger charge is -2.36. The van der Waals surface area contributed by atoms with Gasteiger partial charge in [-0.2, -0.15) is 0 Å². The average Bonchev–Trinajstić information content (AvgIpc) is 2.30. The number of nitrogens with two attached hydrogens (primary N) is 1. The number of pyridine rings is 1. The fourth-order valence-corrected chi connectivity index (χ4v) is 2.30. The number of ether oxygens (including phenoxy) is 1. The van der Waals surface area contributed by atoms with Gasteiger partial charge in [-0.1, -0.05) is 6.07 Å². The van der Waals surface area contributed by atoms with Crippen LogP contribution in [0.1, 0.15) is 18.5 Å². The molecule has 1 aliphatic rings. The van der Waals surface area contributed by atoms with Crippen LogP contribution in [0.3, 0.4) is 0 Å². The minimum absolute atomic E-state index is 0.0955. The molecule has 1 aromatic heterocycles. The number of hydrogen-bond donors (Lipinski definition) is 1. The molecule has 0 aliphatic carbocycles. The molecule has 0 unspecified atom stereocenters. The van der Waals surface area contributed by atoms with E-state index in [1.807, 2.05) is 24.4 Å². The maximum absolute atomic E-state index is 6.37. The van der Waals surface area contributed by atoms with Crippen LogP contribution < -0.4 is 5.73 Å². The number of likely N-dealkylation sites (N-methyl/N-ethyl adjacent to an activating group) is 1. The van der Waals surface area contributed by atoms with Crippen LogP contribution in [0, 0.1) is 0 Å². The average molecular weight is 235 g/mol. The summed E-state index contributed by atoms with van der Waals surface area (Å²) in [5.74, 6) is 0. The topological polar surface area (TPSA) is 51.4 Å². The molecular weight excluding hydrogens is 214 g/mol. The van der Waals surface area contributed by atoms with Gasteiger partial charge in [0.1, 0.15) is 0 Å². The third-order valence-corrected chi connectivity index (χ3v) is 3.23. The molecule has 4 nitrogen and oxygen atoms in total. The maximum Gasteiger partial charge on any atom is 0.0543 e. The fourth-order valence-electron chi connectivity index (χ4n) is 2.30. The molecule has 0 bridgehead atoms. The zero-order chi connectivity index (χ0) is 12.1. The van der Waals surface area contributed by atoms with Gasteiger partial charge in [0.05, 0.1) is 5.69 Å². The Labute approximate surface area is 103 Å². The van der Waals surface area contributed by atoms with E-state index in [0.29, 0.717) is 0 Å². The molecule has 4 heteroatoms.